The first-order chi connectivity index (χ1) is 4.62. The van der Waals surface area contributed by atoms with Crippen LogP contribution in [0.2, 0.25) is 0 Å². The van der Waals surface area contributed by atoms with Crippen LogP contribution in [0.4, 0.5) is 8.78 Å². The van der Waals surface area contributed by atoms with E-state index in [4.69, 9.17) is 5.73 Å². The monoisotopic (exact) mass is 183 g/mol. The van der Waals surface area contributed by atoms with Crippen LogP contribution in [-0.2, 0) is 0 Å². The van der Waals surface area contributed by atoms with E-state index >= 15 is 0 Å². The van der Waals surface area contributed by atoms with Gasteiger partial charge in [0.2, 0.25) is 0 Å². The SMILES string of the molecule is Cl.N[C@H]1CC[C@@H]2[C@H](C1)C2(F)F. The molecule has 2 fully saturated rings. The van der Waals surface area contributed by atoms with Gasteiger partial charge in [-0.1, -0.05) is 0 Å². The summed E-state index contributed by atoms with van der Waals surface area (Å²) in [6, 6.07) is 0.0367. The van der Waals surface area contributed by atoms with Crippen molar-refractivity contribution in [2.45, 2.75) is 31.2 Å². The van der Waals surface area contributed by atoms with Gasteiger partial charge in [-0.3, -0.25) is 0 Å². The highest BCUT2D eigenvalue weighted by Crippen LogP contribution is 2.61. The topological polar surface area (TPSA) is 26.0 Å². The highest BCUT2D eigenvalue weighted by atomic mass is 35.5. The number of nitrogens with two attached hydrogens (primary N) is 1. The van der Waals surface area contributed by atoms with Gasteiger partial charge in [-0.05, 0) is 19.3 Å². The van der Waals surface area contributed by atoms with Gasteiger partial charge in [0.15, 0.2) is 0 Å². The van der Waals surface area contributed by atoms with E-state index in [9.17, 15) is 8.78 Å². The van der Waals surface area contributed by atoms with Crippen molar-refractivity contribution in [1.82, 2.24) is 0 Å². The molecule has 0 aliphatic heterocycles. The molecule has 0 radical (unpaired) electrons. The summed E-state index contributed by atoms with van der Waals surface area (Å²) in [6.07, 6.45) is 1.97. The lowest BCUT2D eigenvalue weighted by Gasteiger charge is -2.13. The first kappa shape index (κ1) is 9.20. The molecule has 0 heterocycles. The molecule has 3 atom stereocenters. The van der Waals surface area contributed by atoms with Gasteiger partial charge in [0.1, 0.15) is 0 Å². The molecule has 2 N–H and O–H groups in total. The van der Waals surface area contributed by atoms with E-state index in [1.165, 1.54) is 0 Å². The predicted octanol–water partition coefficient (Wildman–Crippen LogP) is 1.80. The largest absolute Gasteiger partial charge is 0.328 e. The molecule has 2 saturated carbocycles. The Hall–Kier alpha value is 0.110. The third kappa shape index (κ3) is 1.25. The van der Waals surface area contributed by atoms with Crippen molar-refractivity contribution in [3.63, 3.8) is 0 Å². The maximum atomic E-state index is 12.6. The fraction of sp³-hybridized carbons (Fsp3) is 1.00. The number of alkyl halides is 2. The van der Waals surface area contributed by atoms with Gasteiger partial charge in [0, 0.05) is 17.9 Å². The lowest BCUT2D eigenvalue weighted by Crippen LogP contribution is -2.23. The average Bonchev–Trinajstić information content (AvgIpc) is 2.36. The van der Waals surface area contributed by atoms with Crippen LogP contribution in [0.15, 0.2) is 0 Å². The first-order valence-electron chi connectivity index (χ1n) is 3.75. The summed E-state index contributed by atoms with van der Waals surface area (Å²) in [4.78, 5) is 0. The minimum absolute atomic E-state index is 0. The third-order valence-corrected chi connectivity index (χ3v) is 2.77. The Morgan fingerprint density at radius 1 is 1.18 bits per heavy atom. The highest BCUT2D eigenvalue weighted by molar-refractivity contribution is 5.85. The molecule has 0 aromatic rings. The van der Waals surface area contributed by atoms with Crippen molar-refractivity contribution in [2.75, 3.05) is 0 Å². The van der Waals surface area contributed by atoms with Crippen LogP contribution < -0.4 is 5.73 Å². The number of rotatable bonds is 0. The van der Waals surface area contributed by atoms with Gasteiger partial charge in [0.25, 0.3) is 5.92 Å². The van der Waals surface area contributed by atoms with E-state index in [0.29, 0.717) is 12.8 Å². The Kier molecular flexibility index (Phi) is 2.14. The second-order valence-corrected chi connectivity index (χ2v) is 3.46. The van der Waals surface area contributed by atoms with Crippen LogP contribution in [0.25, 0.3) is 0 Å². The van der Waals surface area contributed by atoms with E-state index in [2.05, 4.69) is 0 Å². The van der Waals surface area contributed by atoms with Gasteiger partial charge < -0.3 is 5.73 Å². The number of hydrogen-bond donors (Lipinski definition) is 1. The number of halogens is 3. The van der Waals surface area contributed by atoms with Crippen LogP contribution in [-0.4, -0.2) is 12.0 Å². The summed E-state index contributed by atoms with van der Waals surface area (Å²) in [5.74, 6) is -3.03. The average molecular weight is 184 g/mol. The molecule has 1 nitrogen and oxygen atoms in total. The Balaban J connectivity index is 0.000000605. The summed E-state index contributed by atoms with van der Waals surface area (Å²) in [6.45, 7) is 0. The van der Waals surface area contributed by atoms with Crippen LogP contribution in [0, 0.1) is 11.8 Å². The normalized spacial score (nSPS) is 45.5. The zero-order valence-electron chi connectivity index (χ0n) is 6.09. The Morgan fingerprint density at radius 3 is 2.27 bits per heavy atom. The quantitative estimate of drug-likeness (QED) is 0.609. The maximum Gasteiger partial charge on any atom is 0.254 e. The lowest BCUT2D eigenvalue weighted by molar-refractivity contribution is 0.0848. The molecule has 2 aliphatic rings. The molecule has 0 spiro atoms. The molecule has 0 amide bonds. The van der Waals surface area contributed by atoms with Crippen LogP contribution >= 0.6 is 12.4 Å². The van der Waals surface area contributed by atoms with Crippen molar-refractivity contribution >= 4 is 12.4 Å². The van der Waals surface area contributed by atoms with Gasteiger partial charge in [-0.15, -0.1) is 12.4 Å². The molecule has 0 unspecified atom stereocenters. The molecule has 2 rings (SSSR count). The zero-order chi connectivity index (χ0) is 7.35. The van der Waals surface area contributed by atoms with Crippen molar-refractivity contribution in [3.05, 3.63) is 0 Å². The van der Waals surface area contributed by atoms with Gasteiger partial charge in [0.05, 0.1) is 0 Å². The Morgan fingerprint density at radius 2 is 1.82 bits per heavy atom. The standard InChI is InChI=1S/C7H11F2N.ClH/c8-7(9)5-2-1-4(10)3-6(5)7;/h4-6H,1-3,10H2;1H/t4-,5+,6-;/m0./s1. The minimum Gasteiger partial charge on any atom is -0.328 e. The molecule has 4 heteroatoms. The second kappa shape index (κ2) is 2.56. The van der Waals surface area contributed by atoms with E-state index in [1.54, 1.807) is 0 Å². The lowest BCUT2D eigenvalue weighted by atomic mass is 9.97. The molecule has 0 aromatic carbocycles. The Bertz CT molecular complexity index is 163. The van der Waals surface area contributed by atoms with Crippen molar-refractivity contribution in [2.24, 2.45) is 17.6 Å². The maximum absolute atomic E-state index is 12.6. The third-order valence-electron chi connectivity index (χ3n) is 2.77. The van der Waals surface area contributed by atoms with E-state index in [1.807, 2.05) is 0 Å². The summed E-state index contributed by atoms with van der Waals surface area (Å²) in [7, 11) is 0. The molecule has 0 aromatic heterocycles. The highest BCUT2D eigenvalue weighted by Gasteiger charge is 2.68. The molecule has 0 saturated heterocycles. The van der Waals surface area contributed by atoms with E-state index in [0.717, 1.165) is 6.42 Å². The number of fused-ring (bicyclic) bond motifs is 1. The fourth-order valence-electron chi connectivity index (χ4n) is 2.01. The molecular formula is C7H12ClF2N. The van der Waals surface area contributed by atoms with Gasteiger partial charge >= 0.3 is 0 Å². The van der Waals surface area contributed by atoms with Crippen molar-refractivity contribution in [1.29, 1.82) is 0 Å². The molecule has 2 aliphatic carbocycles. The first-order valence-corrected chi connectivity index (χ1v) is 3.75. The van der Waals surface area contributed by atoms with E-state index < -0.39 is 5.92 Å². The smallest absolute Gasteiger partial charge is 0.254 e. The fourth-order valence-corrected chi connectivity index (χ4v) is 2.01. The van der Waals surface area contributed by atoms with Gasteiger partial charge in [-0.25, -0.2) is 8.78 Å². The molecule has 66 valence electrons. The van der Waals surface area contributed by atoms with Crippen molar-refractivity contribution in [3.8, 4) is 0 Å². The zero-order valence-corrected chi connectivity index (χ0v) is 6.91. The summed E-state index contributed by atoms with van der Waals surface area (Å²) in [5.41, 5.74) is 5.54. The van der Waals surface area contributed by atoms with Crippen LogP contribution in [0.5, 0.6) is 0 Å². The Labute approximate surface area is 70.7 Å². The van der Waals surface area contributed by atoms with Crippen LogP contribution in [0.1, 0.15) is 19.3 Å². The summed E-state index contributed by atoms with van der Waals surface area (Å²) < 4.78 is 25.2. The molecule has 0 bridgehead atoms. The molecule has 11 heavy (non-hydrogen) atoms. The summed E-state index contributed by atoms with van der Waals surface area (Å²) in [5, 5.41) is 0. The van der Waals surface area contributed by atoms with E-state index in [-0.39, 0.29) is 30.3 Å². The van der Waals surface area contributed by atoms with Crippen molar-refractivity contribution < 1.29 is 8.78 Å². The molecular weight excluding hydrogens is 172 g/mol. The number of hydrogen-bond acceptors (Lipinski definition) is 1. The second-order valence-electron chi connectivity index (χ2n) is 3.46. The summed E-state index contributed by atoms with van der Waals surface area (Å²) >= 11 is 0. The minimum atomic E-state index is -2.35. The van der Waals surface area contributed by atoms with Crippen LogP contribution in [0.3, 0.4) is 0 Å². The predicted molar refractivity (Wildman–Crippen MR) is 41.0 cm³/mol. The van der Waals surface area contributed by atoms with Gasteiger partial charge in [-0.2, -0.15) is 0 Å².